The van der Waals surface area contributed by atoms with E-state index < -0.39 is 41.7 Å². The highest BCUT2D eigenvalue weighted by Gasteiger charge is 2.40. The largest absolute Gasteiger partial charge is 0.478 e. The molecule has 0 spiro atoms. The van der Waals surface area contributed by atoms with Gasteiger partial charge in [-0.05, 0) is 18.2 Å². The average Bonchev–Trinajstić information content (AvgIpc) is 3.40. The van der Waals surface area contributed by atoms with Gasteiger partial charge in [0.25, 0.3) is 5.91 Å². The average molecular weight is 497 g/mol. The lowest BCUT2D eigenvalue weighted by atomic mass is 10.1. The molecule has 186 valence electrons. The molecule has 4 N–H and O–H groups in total. The number of hydrogen-bond acceptors (Lipinski definition) is 5. The first-order valence-electron chi connectivity index (χ1n) is 10.8. The summed E-state index contributed by atoms with van der Waals surface area (Å²) in [4.78, 5) is 49.5. The maximum atomic E-state index is 14.7. The predicted molar refractivity (Wildman–Crippen MR) is 125 cm³/mol. The second-order valence-corrected chi connectivity index (χ2v) is 8.15. The summed E-state index contributed by atoms with van der Waals surface area (Å²) in [5, 5.41) is 15.7. The topological polar surface area (TPSA) is 148 Å². The van der Waals surface area contributed by atoms with E-state index in [1.807, 2.05) is 0 Å². The molecule has 0 aliphatic carbocycles. The van der Waals surface area contributed by atoms with Crippen LogP contribution in [0.2, 0.25) is 0 Å². The standard InChI is InChI=1S/C24H21F2N5O5/c25-14-10-18(24(36)28-16-6-3-4-13(21(16)26)8-9-20(33)34)30(11-14)19(32)12-31-17-7-2-1-5-15(17)22(29-31)23(27)35/h1-9,14,18H,10-12H2,(H2,27,35)(H,28,36)(H,33,34)/b9-8+/t14-,18+/m1/s1. The van der Waals surface area contributed by atoms with Crippen LogP contribution in [0.5, 0.6) is 0 Å². The number of para-hydroxylation sites is 1. The predicted octanol–water partition coefficient (Wildman–Crippen LogP) is 1.95. The van der Waals surface area contributed by atoms with Crippen LogP contribution in [0.25, 0.3) is 17.0 Å². The summed E-state index contributed by atoms with van der Waals surface area (Å²) in [5.41, 5.74) is 5.50. The molecule has 1 fully saturated rings. The zero-order valence-electron chi connectivity index (χ0n) is 18.7. The molecule has 4 rings (SSSR count). The third-order valence-corrected chi connectivity index (χ3v) is 5.74. The van der Waals surface area contributed by atoms with Gasteiger partial charge in [-0.2, -0.15) is 5.10 Å². The molecule has 3 amide bonds. The molecule has 2 atom stereocenters. The summed E-state index contributed by atoms with van der Waals surface area (Å²) >= 11 is 0. The maximum Gasteiger partial charge on any atom is 0.328 e. The van der Waals surface area contributed by atoms with Crippen molar-refractivity contribution in [3.8, 4) is 0 Å². The number of benzene rings is 2. The fraction of sp³-hybridized carbons (Fsp3) is 0.208. The molecule has 1 aliphatic heterocycles. The lowest BCUT2D eigenvalue weighted by molar-refractivity contribution is -0.137. The number of carbonyl (C=O) groups is 4. The zero-order chi connectivity index (χ0) is 26.0. The zero-order valence-corrected chi connectivity index (χ0v) is 18.7. The van der Waals surface area contributed by atoms with Crippen LogP contribution in [0.3, 0.4) is 0 Å². The number of carboxylic acid groups (broad SMARTS) is 1. The van der Waals surface area contributed by atoms with Crippen molar-refractivity contribution in [3.05, 3.63) is 65.6 Å². The Balaban J connectivity index is 1.54. The van der Waals surface area contributed by atoms with Gasteiger partial charge in [0, 0.05) is 23.4 Å². The molecule has 0 unspecified atom stereocenters. The van der Waals surface area contributed by atoms with Crippen molar-refractivity contribution in [1.82, 2.24) is 14.7 Å². The lowest BCUT2D eigenvalue weighted by Gasteiger charge is -2.24. The van der Waals surface area contributed by atoms with Gasteiger partial charge in [-0.3, -0.25) is 19.1 Å². The van der Waals surface area contributed by atoms with Crippen LogP contribution in [0, 0.1) is 5.82 Å². The molecule has 1 aliphatic rings. The van der Waals surface area contributed by atoms with E-state index in [4.69, 9.17) is 10.8 Å². The second-order valence-electron chi connectivity index (χ2n) is 8.15. The first kappa shape index (κ1) is 24.5. The van der Waals surface area contributed by atoms with Crippen molar-refractivity contribution in [2.75, 3.05) is 11.9 Å². The molecule has 2 aromatic carbocycles. The van der Waals surface area contributed by atoms with Gasteiger partial charge in [-0.25, -0.2) is 13.6 Å². The van der Waals surface area contributed by atoms with Gasteiger partial charge in [0.15, 0.2) is 11.5 Å². The Morgan fingerprint density at radius 2 is 1.92 bits per heavy atom. The fourth-order valence-electron chi connectivity index (χ4n) is 4.11. The van der Waals surface area contributed by atoms with Crippen LogP contribution in [0.15, 0.2) is 48.5 Å². The van der Waals surface area contributed by atoms with E-state index in [-0.39, 0.29) is 36.5 Å². The van der Waals surface area contributed by atoms with E-state index >= 15 is 0 Å². The molecule has 2 heterocycles. The number of amides is 3. The van der Waals surface area contributed by atoms with Gasteiger partial charge in [-0.1, -0.05) is 30.3 Å². The molecule has 0 saturated carbocycles. The van der Waals surface area contributed by atoms with Crippen molar-refractivity contribution >= 4 is 46.4 Å². The third kappa shape index (κ3) is 4.92. The first-order valence-corrected chi connectivity index (χ1v) is 10.8. The minimum Gasteiger partial charge on any atom is -0.478 e. The number of hydrogen-bond donors (Lipinski definition) is 3. The van der Waals surface area contributed by atoms with Gasteiger partial charge >= 0.3 is 5.97 Å². The number of likely N-dealkylation sites (tertiary alicyclic amines) is 1. The minimum atomic E-state index is -1.48. The number of nitrogens with one attached hydrogen (secondary N) is 1. The number of fused-ring (bicyclic) bond motifs is 1. The molecule has 10 nitrogen and oxygen atoms in total. The summed E-state index contributed by atoms with van der Waals surface area (Å²) in [6, 6.07) is 9.42. The number of nitrogens with zero attached hydrogens (tertiary/aromatic N) is 3. The number of primary amides is 1. The molecule has 0 bridgehead atoms. The first-order chi connectivity index (χ1) is 17.2. The monoisotopic (exact) mass is 497 g/mol. The van der Waals surface area contributed by atoms with E-state index in [1.54, 1.807) is 24.3 Å². The number of nitrogens with two attached hydrogens (primary N) is 1. The molecular formula is C24H21F2N5O5. The van der Waals surface area contributed by atoms with E-state index in [1.165, 1.54) is 22.9 Å². The molecule has 12 heteroatoms. The summed E-state index contributed by atoms with van der Waals surface area (Å²) in [5.74, 6) is -4.35. The fourth-order valence-corrected chi connectivity index (χ4v) is 4.11. The second kappa shape index (κ2) is 9.94. The summed E-state index contributed by atoms with van der Waals surface area (Å²) < 4.78 is 30.3. The van der Waals surface area contributed by atoms with Crippen LogP contribution in [0.4, 0.5) is 14.5 Å². The Labute approximate surface area is 203 Å². The molecule has 36 heavy (non-hydrogen) atoms. The quantitative estimate of drug-likeness (QED) is 0.425. The van der Waals surface area contributed by atoms with E-state index in [9.17, 15) is 28.0 Å². The van der Waals surface area contributed by atoms with Crippen molar-refractivity contribution in [3.63, 3.8) is 0 Å². The van der Waals surface area contributed by atoms with E-state index in [2.05, 4.69) is 10.4 Å². The maximum absolute atomic E-state index is 14.7. The van der Waals surface area contributed by atoms with E-state index in [0.29, 0.717) is 10.9 Å². The Morgan fingerprint density at radius 1 is 1.17 bits per heavy atom. The molecule has 1 aromatic heterocycles. The Hall–Kier alpha value is -4.61. The number of carboxylic acids is 1. The number of alkyl halides is 1. The lowest BCUT2D eigenvalue weighted by Crippen LogP contribution is -2.44. The van der Waals surface area contributed by atoms with Gasteiger partial charge in [0.2, 0.25) is 11.8 Å². The number of halogens is 2. The van der Waals surface area contributed by atoms with E-state index in [0.717, 1.165) is 17.1 Å². The highest BCUT2D eigenvalue weighted by Crippen LogP contribution is 2.25. The SMILES string of the molecule is NC(=O)c1nn(CC(=O)N2C[C@H](F)C[C@H]2C(=O)Nc2cccc(/C=C/C(=O)O)c2F)c2ccccc12. The highest BCUT2D eigenvalue weighted by atomic mass is 19.1. The Morgan fingerprint density at radius 3 is 2.64 bits per heavy atom. The van der Waals surface area contributed by atoms with Crippen molar-refractivity contribution in [2.24, 2.45) is 5.73 Å². The number of carbonyl (C=O) groups excluding carboxylic acids is 3. The smallest absolute Gasteiger partial charge is 0.328 e. The number of aliphatic carboxylic acids is 1. The molecule has 0 radical (unpaired) electrons. The van der Waals surface area contributed by atoms with Crippen LogP contribution in [-0.4, -0.2) is 62.2 Å². The number of rotatable bonds is 7. The summed E-state index contributed by atoms with van der Waals surface area (Å²) in [6.07, 6.45) is 0.0161. The van der Waals surface area contributed by atoms with Gasteiger partial charge in [0.1, 0.15) is 18.8 Å². The van der Waals surface area contributed by atoms with Crippen LogP contribution < -0.4 is 11.1 Å². The van der Waals surface area contributed by atoms with Crippen LogP contribution in [-0.2, 0) is 20.9 Å². The Kier molecular flexibility index (Phi) is 6.77. The summed E-state index contributed by atoms with van der Waals surface area (Å²) in [6.45, 7) is -0.725. The van der Waals surface area contributed by atoms with Gasteiger partial charge < -0.3 is 21.1 Å². The highest BCUT2D eigenvalue weighted by molar-refractivity contribution is 6.04. The van der Waals surface area contributed by atoms with Crippen molar-refractivity contribution in [1.29, 1.82) is 0 Å². The normalized spacial score (nSPS) is 17.6. The van der Waals surface area contributed by atoms with Crippen molar-refractivity contribution in [2.45, 2.75) is 25.2 Å². The van der Waals surface area contributed by atoms with Crippen molar-refractivity contribution < 1.29 is 33.1 Å². The molecule has 3 aromatic rings. The summed E-state index contributed by atoms with van der Waals surface area (Å²) in [7, 11) is 0. The minimum absolute atomic E-state index is 0.0233. The third-order valence-electron chi connectivity index (χ3n) is 5.74. The van der Waals surface area contributed by atoms with Crippen LogP contribution in [0.1, 0.15) is 22.5 Å². The number of anilines is 1. The number of aromatic nitrogens is 2. The molecule has 1 saturated heterocycles. The van der Waals surface area contributed by atoms with Gasteiger partial charge in [0.05, 0.1) is 17.7 Å². The Bertz CT molecular complexity index is 1400. The molecular weight excluding hydrogens is 476 g/mol. The van der Waals surface area contributed by atoms with Gasteiger partial charge in [-0.15, -0.1) is 0 Å². The van der Waals surface area contributed by atoms with Crippen LogP contribution >= 0.6 is 0 Å².